The maximum absolute atomic E-state index is 13.0. The van der Waals surface area contributed by atoms with Crippen molar-refractivity contribution in [2.24, 2.45) is 7.05 Å². The molecule has 9 nitrogen and oxygen atoms in total. The summed E-state index contributed by atoms with van der Waals surface area (Å²) < 4.78 is 18.3. The van der Waals surface area contributed by atoms with Gasteiger partial charge < -0.3 is 23.7 Å². The normalized spacial score (nSPS) is 12.4. The molecule has 4 rings (SSSR count). The number of aryl methyl sites for hydroxylation is 1. The number of imidazole rings is 1. The van der Waals surface area contributed by atoms with Gasteiger partial charge in [-0.3, -0.25) is 9.89 Å². The Morgan fingerprint density at radius 1 is 1.31 bits per heavy atom. The van der Waals surface area contributed by atoms with Gasteiger partial charge in [-0.15, -0.1) is 0 Å². The maximum atomic E-state index is 13.0. The zero-order valence-corrected chi connectivity index (χ0v) is 16.6. The Balaban J connectivity index is 1.41. The third-order valence-electron chi connectivity index (χ3n) is 4.71. The van der Waals surface area contributed by atoms with E-state index in [1.807, 2.05) is 37.7 Å². The van der Waals surface area contributed by atoms with Crippen molar-refractivity contribution in [3.63, 3.8) is 0 Å². The fourth-order valence-corrected chi connectivity index (χ4v) is 3.01. The number of amides is 1. The maximum Gasteiger partial charge on any atom is 0.274 e. The number of nitrogens with zero attached hydrogens (tertiary/aromatic N) is 4. The SMILES string of the molecule is CC(C)N(Cc1nccn1C)C(=O)c1cc(COc2ccc3c(c2)OCO3)[nH]n1. The summed E-state index contributed by atoms with van der Waals surface area (Å²) in [5.74, 6) is 2.66. The summed E-state index contributed by atoms with van der Waals surface area (Å²) in [6.07, 6.45) is 3.58. The Morgan fingerprint density at radius 2 is 2.14 bits per heavy atom. The van der Waals surface area contributed by atoms with E-state index in [2.05, 4.69) is 15.2 Å². The number of carbonyl (C=O) groups excluding carboxylic acids is 1. The Bertz CT molecular complexity index is 1010. The summed E-state index contributed by atoms with van der Waals surface area (Å²) >= 11 is 0. The molecule has 0 radical (unpaired) electrons. The molecule has 152 valence electrons. The van der Waals surface area contributed by atoms with Crippen LogP contribution in [-0.4, -0.2) is 43.4 Å². The molecule has 3 aromatic rings. The molecule has 1 amide bonds. The van der Waals surface area contributed by atoms with Gasteiger partial charge in [0, 0.05) is 31.5 Å². The molecule has 1 N–H and O–H groups in total. The zero-order valence-electron chi connectivity index (χ0n) is 16.6. The first kappa shape index (κ1) is 18.9. The number of fused-ring (bicyclic) bond motifs is 1. The second-order valence-electron chi connectivity index (χ2n) is 7.06. The third kappa shape index (κ3) is 4.03. The number of H-pyrrole nitrogens is 1. The number of aromatic nitrogens is 4. The molecule has 0 saturated heterocycles. The highest BCUT2D eigenvalue weighted by atomic mass is 16.7. The van der Waals surface area contributed by atoms with E-state index < -0.39 is 0 Å². The standard InChI is InChI=1S/C20H23N5O4/c1-13(2)25(10-19-21-6-7-24(19)3)20(26)16-8-14(22-23-16)11-27-15-4-5-17-18(9-15)29-12-28-17/h4-9,13H,10-12H2,1-3H3,(H,22,23). The fourth-order valence-electron chi connectivity index (χ4n) is 3.01. The zero-order chi connectivity index (χ0) is 20.4. The van der Waals surface area contributed by atoms with Crippen LogP contribution in [0, 0.1) is 0 Å². The highest BCUT2D eigenvalue weighted by Crippen LogP contribution is 2.35. The van der Waals surface area contributed by atoms with Gasteiger partial charge >= 0.3 is 0 Å². The van der Waals surface area contributed by atoms with Gasteiger partial charge in [-0.25, -0.2) is 4.98 Å². The first-order valence-corrected chi connectivity index (χ1v) is 9.35. The molecule has 9 heteroatoms. The van der Waals surface area contributed by atoms with Crippen LogP contribution in [-0.2, 0) is 20.2 Å². The molecular formula is C20H23N5O4. The topological polar surface area (TPSA) is 94.5 Å². The molecule has 0 fully saturated rings. The highest BCUT2D eigenvalue weighted by molar-refractivity contribution is 5.92. The number of aromatic amines is 1. The van der Waals surface area contributed by atoms with Gasteiger partial charge in [0.05, 0.1) is 12.2 Å². The van der Waals surface area contributed by atoms with Crippen molar-refractivity contribution < 1.29 is 19.0 Å². The molecule has 29 heavy (non-hydrogen) atoms. The van der Waals surface area contributed by atoms with Gasteiger partial charge in [0.15, 0.2) is 17.2 Å². The van der Waals surface area contributed by atoms with Crippen molar-refractivity contribution in [2.75, 3.05) is 6.79 Å². The second-order valence-corrected chi connectivity index (χ2v) is 7.06. The van der Waals surface area contributed by atoms with Crippen LogP contribution in [0.15, 0.2) is 36.7 Å². The average molecular weight is 397 g/mol. The van der Waals surface area contributed by atoms with E-state index >= 15 is 0 Å². The van der Waals surface area contributed by atoms with E-state index in [1.54, 1.807) is 29.3 Å². The van der Waals surface area contributed by atoms with Crippen LogP contribution < -0.4 is 14.2 Å². The Hall–Kier alpha value is -3.49. The summed E-state index contributed by atoms with van der Waals surface area (Å²) in [5.41, 5.74) is 1.05. The Morgan fingerprint density at radius 3 is 2.90 bits per heavy atom. The first-order chi connectivity index (χ1) is 14.0. The van der Waals surface area contributed by atoms with E-state index in [1.165, 1.54) is 0 Å². The molecule has 0 bridgehead atoms. The molecule has 2 aromatic heterocycles. The van der Waals surface area contributed by atoms with Gasteiger partial charge in [0.25, 0.3) is 5.91 Å². The van der Waals surface area contributed by atoms with E-state index in [-0.39, 0.29) is 25.3 Å². The van der Waals surface area contributed by atoms with E-state index in [0.29, 0.717) is 35.2 Å². The van der Waals surface area contributed by atoms with Crippen molar-refractivity contribution in [1.82, 2.24) is 24.6 Å². The van der Waals surface area contributed by atoms with Crippen molar-refractivity contribution in [2.45, 2.75) is 33.0 Å². The molecule has 0 saturated carbocycles. The lowest BCUT2D eigenvalue weighted by Gasteiger charge is -2.25. The number of hydrogen-bond donors (Lipinski definition) is 1. The van der Waals surface area contributed by atoms with Crippen LogP contribution in [0.25, 0.3) is 0 Å². The van der Waals surface area contributed by atoms with Crippen LogP contribution in [0.3, 0.4) is 0 Å². The van der Waals surface area contributed by atoms with E-state index in [9.17, 15) is 4.79 Å². The number of benzene rings is 1. The summed E-state index contributed by atoms with van der Waals surface area (Å²) in [6.45, 7) is 4.82. The second kappa shape index (κ2) is 7.86. The van der Waals surface area contributed by atoms with E-state index in [4.69, 9.17) is 14.2 Å². The van der Waals surface area contributed by atoms with Gasteiger partial charge in [-0.05, 0) is 32.0 Å². The number of rotatable bonds is 7. The minimum atomic E-state index is -0.159. The highest BCUT2D eigenvalue weighted by Gasteiger charge is 2.23. The van der Waals surface area contributed by atoms with Gasteiger partial charge in [-0.1, -0.05) is 0 Å². The molecule has 1 aliphatic heterocycles. The summed E-state index contributed by atoms with van der Waals surface area (Å²) in [7, 11) is 1.91. The van der Waals surface area contributed by atoms with Gasteiger partial charge in [-0.2, -0.15) is 5.10 Å². The first-order valence-electron chi connectivity index (χ1n) is 9.35. The van der Waals surface area contributed by atoms with Crippen molar-refractivity contribution in [3.8, 4) is 17.2 Å². The number of nitrogens with one attached hydrogen (secondary N) is 1. The molecule has 0 unspecified atom stereocenters. The minimum Gasteiger partial charge on any atom is -0.487 e. The van der Waals surface area contributed by atoms with Crippen LogP contribution in [0.2, 0.25) is 0 Å². The van der Waals surface area contributed by atoms with Crippen molar-refractivity contribution in [1.29, 1.82) is 0 Å². The van der Waals surface area contributed by atoms with Crippen LogP contribution >= 0.6 is 0 Å². The average Bonchev–Trinajstić information content (AvgIpc) is 3.44. The largest absolute Gasteiger partial charge is 0.487 e. The number of hydrogen-bond acceptors (Lipinski definition) is 6. The molecule has 0 aliphatic carbocycles. The van der Waals surface area contributed by atoms with Crippen LogP contribution in [0.5, 0.6) is 17.2 Å². The van der Waals surface area contributed by atoms with Gasteiger partial charge in [0.2, 0.25) is 6.79 Å². The fraction of sp³-hybridized carbons (Fsp3) is 0.350. The lowest BCUT2D eigenvalue weighted by atomic mass is 10.2. The predicted molar refractivity (Wildman–Crippen MR) is 104 cm³/mol. The number of carbonyl (C=O) groups is 1. The summed E-state index contributed by atoms with van der Waals surface area (Å²) in [4.78, 5) is 19.0. The quantitative estimate of drug-likeness (QED) is 0.658. The van der Waals surface area contributed by atoms with Crippen molar-refractivity contribution >= 4 is 5.91 Å². The van der Waals surface area contributed by atoms with Crippen LogP contribution in [0.1, 0.15) is 35.9 Å². The molecule has 0 atom stereocenters. The Labute approximate surface area is 168 Å². The van der Waals surface area contributed by atoms with Crippen LogP contribution in [0.4, 0.5) is 0 Å². The minimum absolute atomic E-state index is 0.00392. The monoisotopic (exact) mass is 397 g/mol. The summed E-state index contributed by atoms with van der Waals surface area (Å²) in [6, 6.07) is 7.10. The predicted octanol–water partition coefficient (Wildman–Crippen LogP) is 2.50. The molecule has 1 aromatic carbocycles. The lowest BCUT2D eigenvalue weighted by Crippen LogP contribution is -2.37. The molecule has 3 heterocycles. The Kier molecular flexibility index (Phi) is 5.11. The molecule has 0 spiro atoms. The number of ether oxygens (including phenoxy) is 3. The molecular weight excluding hydrogens is 374 g/mol. The third-order valence-corrected chi connectivity index (χ3v) is 4.71. The molecule has 1 aliphatic rings. The smallest absolute Gasteiger partial charge is 0.274 e. The lowest BCUT2D eigenvalue weighted by molar-refractivity contribution is 0.0677. The van der Waals surface area contributed by atoms with Gasteiger partial charge in [0.1, 0.15) is 18.2 Å². The van der Waals surface area contributed by atoms with E-state index in [0.717, 1.165) is 5.82 Å². The summed E-state index contributed by atoms with van der Waals surface area (Å²) in [5, 5.41) is 7.05. The van der Waals surface area contributed by atoms with Crippen molar-refractivity contribution in [3.05, 3.63) is 53.9 Å².